The number of hydrogen-bond acceptors (Lipinski definition) is 4. The molecule has 2 unspecified atom stereocenters. The maximum Gasteiger partial charge on any atom is 0.308 e. The summed E-state index contributed by atoms with van der Waals surface area (Å²) in [6.07, 6.45) is 1.29. The van der Waals surface area contributed by atoms with Gasteiger partial charge >= 0.3 is 11.9 Å². The highest BCUT2D eigenvalue weighted by molar-refractivity contribution is 5.71. The predicted molar refractivity (Wildman–Crippen MR) is 70.0 cm³/mol. The first kappa shape index (κ1) is 16.9. The fourth-order valence-electron chi connectivity index (χ4n) is 1.55. The molecular weight excluding hydrogens is 232 g/mol. The van der Waals surface area contributed by atoms with Gasteiger partial charge in [0.15, 0.2) is 0 Å². The van der Waals surface area contributed by atoms with E-state index >= 15 is 0 Å². The normalized spacial score (nSPS) is 14.1. The fraction of sp³-hybridized carbons (Fsp3) is 0.857. The molecule has 0 aliphatic rings. The van der Waals surface area contributed by atoms with Crippen LogP contribution in [0.3, 0.4) is 0 Å². The van der Waals surface area contributed by atoms with E-state index in [-0.39, 0.29) is 29.7 Å². The third-order valence-electron chi connectivity index (χ3n) is 2.60. The van der Waals surface area contributed by atoms with E-state index < -0.39 is 0 Å². The minimum absolute atomic E-state index is 0.0832. The van der Waals surface area contributed by atoms with Gasteiger partial charge in [0, 0.05) is 6.42 Å². The van der Waals surface area contributed by atoms with Crippen molar-refractivity contribution < 1.29 is 19.1 Å². The molecule has 0 aliphatic carbocycles. The molecule has 0 aliphatic heterocycles. The van der Waals surface area contributed by atoms with Crippen LogP contribution in [0.5, 0.6) is 0 Å². The second-order valence-corrected chi connectivity index (χ2v) is 5.27. The van der Waals surface area contributed by atoms with E-state index in [0.29, 0.717) is 19.6 Å². The first-order valence-electron chi connectivity index (χ1n) is 6.69. The van der Waals surface area contributed by atoms with E-state index in [1.54, 1.807) is 6.92 Å². The molecule has 0 saturated carbocycles. The monoisotopic (exact) mass is 258 g/mol. The van der Waals surface area contributed by atoms with Crippen molar-refractivity contribution in [3.8, 4) is 0 Å². The van der Waals surface area contributed by atoms with Crippen LogP contribution in [0.25, 0.3) is 0 Å². The highest BCUT2D eigenvalue weighted by Crippen LogP contribution is 2.13. The zero-order valence-corrected chi connectivity index (χ0v) is 12.2. The molecule has 2 atom stereocenters. The number of esters is 2. The van der Waals surface area contributed by atoms with E-state index in [1.807, 2.05) is 27.7 Å². The topological polar surface area (TPSA) is 52.6 Å². The molecule has 0 fully saturated rings. The average molecular weight is 258 g/mol. The van der Waals surface area contributed by atoms with Crippen LogP contribution in [0.15, 0.2) is 0 Å². The lowest BCUT2D eigenvalue weighted by Crippen LogP contribution is -2.19. The number of rotatable bonds is 8. The molecule has 0 heterocycles. The average Bonchev–Trinajstić information content (AvgIpc) is 2.32. The first-order chi connectivity index (χ1) is 8.36. The molecule has 0 aromatic heterocycles. The Bertz CT molecular complexity index is 261. The van der Waals surface area contributed by atoms with Crippen molar-refractivity contribution in [3.05, 3.63) is 0 Å². The maximum absolute atomic E-state index is 11.3. The number of carbonyl (C=O) groups excluding carboxylic acids is 2. The lowest BCUT2D eigenvalue weighted by Gasteiger charge is -2.17. The Morgan fingerprint density at radius 2 is 1.44 bits per heavy atom. The van der Waals surface area contributed by atoms with Gasteiger partial charge < -0.3 is 9.47 Å². The Morgan fingerprint density at radius 1 is 0.944 bits per heavy atom. The highest BCUT2D eigenvalue weighted by Gasteiger charge is 2.14. The van der Waals surface area contributed by atoms with Gasteiger partial charge in [0.25, 0.3) is 0 Å². The molecule has 4 nitrogen and oxygen atoms in total. The summed E-state index contributed by atoms with van der Waals surface area (Å²) in [5, 5.41) is 0. The van der Waals surface area contributed by atoms with Gasteiger partial charge in [0.2, 0.25) is 0 Å². The number of carbonyl (C=O) groups is 2. The molecule has 4 heteroatoms. The molecule has 0 spiro atoms. The van der Waals surface area contributed by atoms with E-state index in [0.717, 1.165) is 6.42 Å². The molecule has 0 rings (SSSR count). The quantitative estimate of drug-likeness (QED) is 0.628. The van der Waals surface area contributed by atoms with Gasteiger partial charge in [0.1, 0.15) is 0 Å². The summed E-state index contributed by atoms with van der Waals surface area (Å²) in [6.45, 7) is 10.4. The van der Waals surface area contributed by atoms with Crippen LogP contribution in [0.2, 0.25) is 0 Å². The smallest absolute Gasteiger partial charge is 0.308 e. The molecule has 0 bridgehead atoms. The van der Waals surface area contributed by atoms with Crippen molar-refractivity contribution >= 4 is 11.9 Å². The summed E-state index contributed by atoms with van der Waals surface area (Å²) >= 11 is 0. The molecule has 18 heavy (non-hydrogen) atoms. The summed E-state index contributed by atoms with van der Waals surface area (Å²) in [7, 11) is 0. The third kappa shape index (κ3) is 8.09. The largest absolute Gasteiger partial charge is 0.465 e. The van der Waals surface area contributed by atoms with E-state index in [9.17, 15) is 9.59 Å². The van der Waals surface area contributed by atoms with Gasteiger partial charge in [-0.2, -0.15) is 0 Å². The van der Waals surface area contributed by atoms with E-state index in [2.05, 4.69) is 0 Å². The lowest BCUT2D eigenvalue weighted by atomic mass is 9.99. The minimum Gasteiger partial charge on any atom is -0.465 e. The Labute approximate surface area is 110 Å². The van der Waals surface area contributed by atoms with Crippen LogP contribution >= 0.6 is 0 Å². The Kier molecular flexibility index (Phi) is 8.42. The predicted octanol–water partition coefficient (Wildman–Crippen LogP) is 2.80. The fourth-order valence-corrected chi connectivity index (χ4v) is 1.55. The lowest BCUT2D eigenvalue weighted by molar-refractivity contribution is -0.148. The van der Waals surface area contributed by atoms with Crippen LogP contribution in [-0.4, -0.2) is 25.2 Å². The van der Waals surface area contributed by atoms with E-state index in [4.69, 9.17) is 9.47 Å². The third-order valence-corrected chi connectivity index (χ3v) is 2.60. The van der Waals surface area contributed by atoms with E-state index in [1.165, 1.54) is 0 Å². The number of ether oxygens (including phenoxy) is 2. The molecule has 0 N–H and O–H groups in total. The standard InChI is InChI=1S/C14H26O4/c1-6-13(15)17-8-11(4)7-12(5)9-18-14(16)10(2)3/h10-12H,6-9H2,1-5H3. The molecule has 0 radical (unpaired) electrons. The second-order valence-electron chi connectivity index (χ2n) is 5.27. The molecule has 0 aromatic rings. The Morgan fingerprint density at radius 3 is 1.89 bits per heavy atom. The van der Waals surface area contributed by atoms with Gasteiger partial charge in [-0.3, -0.25) is 9.59 Å². The maximum atomic E-state index is 11.3. The zero-order valence-electron chi connectivity index (χ0n) is 12.2. The van der Waals surface area contributed by atoms with Gasteiger partial charge in [-0.25, -0.2) is 0 Å². The van der Waals surface area contributed by atoms with Crippen LogP contribution in [-0.2, 0) is 19.1 Å². The van der Waals surface area contributed by atoms with Crippen molar-refractivity contribution in [2.75, 3.05) is 13.2 Å². The van der Waals surface area contributed by atoms with Crippen LogP contribution in [0.4, 0.5) is 0 Å². The Hall–Kier alpha value is -1.06. The van der Waals surface area contributed by atoms with Crippen molar-refractivity contribution in [1.29, 1.82) is 0 Å². The first-order valence-corrected chi connectivity index (χ1v) is 6.69. The summed E-state index contributed by atoms with van der Waals surface area (Å²) in [6, 6.07) is 0. The molecule has 0 saturated heterocycles. The summed E-state index contributed by atoms with van der Waals surface area (Å²) in [5.74, 6) is 0.157. The van der Waals surface area contributed by atoms with Gasteiger partial charge in [-0.05, 0) is 18.3 Å². The van der Waals surface area contributed by atoms with Gasteiger partial charge in [0.05, 0.1) is 19.1 Å². The Balaban J connectivity index is 3.76. The molecule has 106 valence electrons. The van der Waals surface area contributed by atoms with Gasteiger partial charge in [-0.1, -0.05) is 34.6 Å². The highest BCUT2D eigenvalue weighted by atomic mass is 16.5. The van der Waals surface area contributed by atoms with Crippen molar-refractivity contribution in [2.45, 2.75) is 47.5 Å². The van der Waals surface area contributed by atoms with Crippen molar-refractivity contribution in [1.82, 2.24) is 0 Å². The van der Waals surface area contributed by atoms with Crippen LogP contribution in [0.1, 0.15) is 47.5 Å². The summed E-state index contributed by atoms with van der Waals surface area (Å²) in [5.41, 5.74) is 0. The summed E-state index contributed by atoms with van der Waals surface area (Å²) < 4.78 is 10.2. The van der Waals surface area contributed by atoms with Crippen LogP contribution in [0, 0.1) is 17.8 Å². The summed E-state index contributed by atoms with van der Waals surface area (Å²) in [4.78, 5) is 22.3. The molecule has 0 aromatic carbocycles. The molecule has 0 amide bonds. The van der Waals surface area contributed by atoms with Crippen LogP contribution < -0.4 is 0 Å². The van der Waals surface area contributed by atoms with Crippen molar-refractivity contribution in [3.63, 3.8) is 0 Å². The SMILES string of the molecule is CCC(=O)OCC(C)CC(C)COC(=O)C(C)C. The second kappa shape index (κ2) is 8.95. The number of hydrogen-bond donors (Lipinski definition) is 0. The minimum atomic E-state index is -0.166. The molecular formula is C14H26O4. The van der Waals surface area contributed by atoms with Gasteiger partial charge in [-0.15, -0.1) is 0 Å². The zero-order chi connectivity index (χ0) is 14.1. The van der Waals surface area contributed by atoms with Crippen molar-refractivity contribution in [2.24, 2.45) is 17.8 Å².